The molecule has 0 aliphatic carbocycles. The fraction of sp³-hybridized carbons (Fsp3) is 0.625. The number of aliphatic carboxylic acids is 1. The van der Waals surface area contributed by atoms with E-state index in [4.69, 9.17) is 22.9 Å². The third-order valence-electron chi connectivity index (χ3n) is 3.95. The van der Waals surface area contributed by atoms with Gasteiger partial charge in [-0.3, -0.25) is 24.2 Å². The van der Waals surface area contributed by atoms with Gasteiger partial charge in [0.25, 0.3) is 0 Å². The number of rotatable bonds is 15. The number of carboxylic acids is 1. The van der Waals surface area contributed by atoms with Crippen LogP contribution in [0.1, 0.15) is 19.3 Å². The first kappa shape index (κ1) is 28.9. The van der Waals surface area contributed by atoms with Crippen molar-refractivity contribution in [3.63, 3.8) is 0 Å². The Morgan fingerprint density at radius 1 is 0.906 bits per heavy atom. The third kappa shape index (κ3) is 11.3. The number of primary amides is 1. The normalized spacial score (nSPS) is 14.2. The molecule has 4 unspecified atom stereocenters. The number of carbonyl (C=O) groups is 5. The molecule has 0 saturated carbocycles. The lowest BCUT2D eigenvalue weighted by molar-refractivity contribution is -0.143. The quantitative estimate of drug-likeness (QED) is 0.0461. The van der Waals surface area contributed by atoms with Crippen molar-refractivity contribution in [2.75, 3.05) is 18.9 Å². The highest BCUT2D eigenvalue weighted by Gasteiger charge is 2.30. The van der Waals surface area contributed by atoms with Gasteiger partial charge in [0.05, 0.1) is 19.1 Å². The first-order valence-corrected chi connectivity index (χ1v) is 10.0. The van der Waals surface area contributed by atoms with Gasteiger partial charge in [0, 0.05) is 12.3 Å². The summed E-state index contributed by atoms with van der Waals surface area (Å²) in [6.45, 7) is -0.767. The Labute approximate surface area is 189 Å². The summed E-state index contributed by atoms with van der Waals surface area (Å²) in [5, 5.41) is 25.2. The van der Waals surface area contributed by atoms with E-state index in [1.165, 1.54) is 0 Å². The highest BCUT2D eigenvalue weighted by molar-refractivity contribution is 7.80. The van der Waals surface area contributed by atoms with Crippen LogP contribution >= 0.6 is 12.6 Å². The number of carboxylic acid groups (broad SMARTS) is 1. The second-order valence-corrected chi connectivity index (χ2v) is 6.98. The van der Waals surface area contributed by atoms with Crippen LogP contribution in [0.4, 0.5) is 0 Å². The molecule has 4 amide bonds. The first-order chi connectivity index (χ1) is 14.9. The van der Waals surface area contributed by atoms with Crippen molar-refractivity contribution in [3.05, 3.63) is 0 Å². The number of aliphatic hydroxyl groups is 1. The second-order valence-electron chi connectivity index (χ2n) is 6.61. The maximum absolute atomic E-state index is 12.5. The van der Waals surface area contributed by atoms with Gasteiger partial charge in [-0.1, -0.05) is 0 Å². The number of carbonyl (C=O) groups excluding carboxylic acids is 4. The van der Waals surface area contributed by atoms with Crippen LogP contribution in [0.5, 0.6) is 0 Å². The molecule has 0 radical (unpaired) electrons. The zero-order valence-corrected chi connectivity index (χ0v) is 18.1. The molecule has 0 heterocycles. The summed E-state index contributed by atoms with van der Waals surface area (Å²) in [6.07, 6.45) is -0.422. The summed E-state index contributed by atoms with van der Waals surface area (Å²) >= 11 is 3.85. The third-order valence-corrected chi connectivity index (χ3v) is 4.34. The molecule has 0 spiro atoms. The highest BCUT2D eigenvalue weighted by Crippen LogP contribution is 2.01. The first-order valence-electron chi connectivity index (χ1n) is 9.37. The van der Waals surface area contributed by atoms with E-state index in [1.54, 1.807) is 0 Å². The molecule has 0 aliphatic rings. The van der Waals surface area contributed by atoms with Crippen molar-refractivity contribution < 1.29 is 34.2 Å². The van der Waals surface area contributed by atoms with E-state index in [9.17, 15) is 34.2 Å². The number of aliphatic hydroxyl groups excluding tert-OH is 1. The molecule has 0 aromatic rings. The smallest absolute Gasteiger partial charge is 0.326 e. The van der Waals surface area contributed by atoms with Crippen molar-refractivity contribution in [2.24, 2.45) is 27.9 Å². The Morgan fingerprint density at radius 3 is 1.91 bits per heavy atom. The van der Waals surface area contributed by atoms with Crippen LogP contribution < -0.4 is 38.9 Å². The van der Waals surface area contributed by atoms with E-state index in [0.717, 1.165) is 0 Å². The SMILES string of the molecule is NC(=O)CC(NC(=O)C(N)CS)C(=O)NC(CO)C(=O)NC(CCCN=C(N)N)C(=O)O. The Morgan fingerprint density at radius 2 is 1.44 bits per heavy atom. The number of nitrogens with two attached hydrogens (primary N) is 4. The van der Waals surface area contributed by atoms with Gasteiger partial charge in [0.2, 0.25) is 23.6 Å². The largest absolute Gasteiger partial charge is 0.480 e. The lowest BCUT2D eigenvalue weighted by atomic mass is 10.1. The number of nitrogens with one attached hydrogen (secondary N) is 3. The van der Waals surface area contributed by atoms with E-state index >= 15 is 0 Å². The minimum absolute atomic E-state index is 0.0358. The molecule has 0 saturated heterocycles. The number of nitrogens with zero attached hydrogens (tertiary/aromatic N) is 1. The summed E-state index contributed by atoms with van der Waals surface area (Å²) in [5.74, 6) is -5.32. The minimum atomic E-state index is -1.58. The van der Waals surface area contributed by atoms with Crippen LogP contribution in [0.25, 0.3) is 0 Å². The molecule has 13 N–H and O–H groups in total. The topological polar surface area (TPSA) is 278 Å². The van der Waals surface area contributed by atoms with Crippen molar-refractivity contribution in [2.45, 2.75) is 43.4 Å². The van der Waals surface area contributed by atoms with Crippen LogP contribution in [-0.2, 0) is 24.0 Å². The molecule has 0 aliphatic heterocycles. The van der Waals surface area contributed by atoms with Crippen LogP contribution in [0.15, 0.2) is 4.99 Å². The maximum atomic E-state index is 12.5. The summed E-state index contributed by atoms with van der Waals surface area (Å²) in [7, 11) is 0. The summed E-state index contributed by atoms with van der Waals surface area (Å²) in [6, 6.07) is -5.48. The van der Waals surface area contributed by atoms with Crippen molar-refractivity contribution in [3.8, 4) is 0 Å². The predicted octanol–water partition coefficient (Wildman–Crippen LogP) is -5.30. The molecule has 0 aromatic heterocycles. The van der Waals surface area contributed by atoms with Crippen molar-refractivity contribution in [1.29, 1.82) is 0 Å². The number of thiol groups is 1. The monoisotopic (exact) mass is 478 g/mol. The van der Waals surface area contributed by atoms with Crippen LogP contribution in [0, 0.1) is 0 Å². The predicted molar refractivity (Wildman–Crippen MR) is 116 cm³/mol. The van der Waals surface area contributed by atoms with E-state index in [1.807, 2.05) is 0 Å². The zero-order chi connectivity index (χ0) is 24.8. The molecule has 0 fully saturated rings. The number of hydrogen-bond acceptors (Lipinski definition) is 9. The molecule has 16 heteroatoms. The second kappa shape index (κ2) is 14.8. The lowest BCUT2D eigenvalue weighted by Crippen LogP contribution is -2.58. The van der Waals surface area contributed by atoms with Crippen LogP contribution in [0.3, 0.4) is 0 Å². The summed E-state index contributed by atoms with van der Waals surface area (Å²) in [4.78, 5) is 63.0. The lowest BCUT2D eigenvalue weighted by Gasteiger charge is -2.23. The number of aliphatic imine (C=N–C) groups is 1. The maximum Gasteiger partial charge on any atom is 0.326 e. The molecular formula is C16H30N8O7S. The van der Waals surface area contributed by atoms with Gasteiger partial charge in [-0.25, -0.2) is 4.79 Å². The van der Waals surface area contributed by atoms with E-state index < -0.39 is 66.8 Å². The number of guanidine groups is 1. The number of amides is 4. The van der Waals surface area contributed by atoms with Crippen LogP contribution in [-0.4, -0.2) is 88.8 Å². The number of hydrogen-bond donors (Lipinski definition) is 10. The van der Waals surface area contributed by atoms with Gasteiger partial charge < -0.3 is 49.1 Å². The van der Waals surface area contributed by atoms with Gasteiger partial charge in [-0.15, -0.1) is 0 Å². The highest BCUT2D eigenvalue weighted by atomic mass is 32.1. The molecule has 4 atom stereocenters. The van der Waals surface area contributed by atoms with Gasteiger partial charge in [0.1, 0.15) is 18.1 Å². The van der Waals surface area contributed by atoms with Crippen LogP contribution in [0.2, 0.25) is 0 Å². The van der Waals surface area contributed by atoms with E-state index in [0.29, 0.717) is 0 Å². The molecule has 32 heavy (non-hydrogen) atoms. The Kier molecular flexibility index (Phi) is 13.4. The average Bonchev–Trinajstić information content (AvgIpc) is 2.71. The summed E-state index contributed by atoms with van der Waals surface area (Å²) < 4.78 is 0. The van der Waals surface area contributed by atoms with E-state index in [2.05, 4.69) is 33.6 Å². The molecule has 0 aromatic carbocycles. The van der Waals surface area contributed by atoms with Gasteiger partial charge >= 0.3 is 5.97 Å². The van der Waals surface area contributed by atoms with Gasteiger partial charge in [-0.05, 0) is 12.8 Å². The van der Waals surface area contributed by atoms with Gasteiger partial charge in [-0.2, -0.15) is 12.6 Å². The van der Waals surface area contributed by atoms with Crippen molar-refractivity contribution in [1.82, 2.24) is 16.0 Å². The fourth-order valence-electron chi connectivity index (χ4n) is 2.27. The molecule has 15 nitrogen and oxygen atoms in total. The molecule has 182 valence electrons. The fourth-order valence-corrected chi connectivity index (χ4v) is 2.44. The summed E-state index contributed by atoms with van der Waals surface area (Å²) in [5.41, 5.74) is 20.9. The Balaban J connectivity index is 5.15. The average molecular weight is 479 g/mol. The standard InChI is InChI=1S/C16H30N8O7S/c17-7(6-32)12(27)23-9(4-11(18)26)13(28)24-10(5-25)14(29)22-8(15(30)31)2-1-3-21-16(19)20/h7-10,25,32H,1-6,17H2,(H2,18,26)(H,22,29)(H,23,27)(H,24,28)(H,30,31)(H4,19,20,21). The Hall–Kier alpha value is -3.11. The van der Waals surface area contributed by atoms with Gasteiger partial charge in [0.15, 0.2) is 5.96 Å². The minimum Gasteiger partial charge on any atom is -0.480 e. The van der Waals surface area contributed by atoms with E-state index in [-0.39, 0.29) is 31.1 Å². The van der Waals surface area contributed by atoms with Crippen molar-refractivity contribution >= 4 is 48.2 Å². The molecule has 0 rings (SSSR count). The molecular weight excluding hydrogens is 448 g/mol. The zero-order valence-electron chi connectivity index (χ0n) is 17.2. The Bertz CT molecular complexity index is 717. The molecule has 0 bridgehead atoms.